The van der Waals surface area contributed by atoms with Crippen molar-refractivity contribution in [3.63, 3.8) is 0 Å². The van der Waals surface area contributed by atoms with Gasteiger partial charge >= 0.3 is 0 Å². The molecule has 4 nitrogen and oxygen atoms in total. The summed E-state index contributed by atoms with van der Waals surface area (Å²) >= 11 is 1.68. The molecule has 1 heterocycles. The van der Waals surface area contributed by atoms with Gasteiger partial charge in [0.25, 0.3) is 5.91 Å². The molecular formula is C21H24N2O2S. The summed E-state index contributed by atoms with van der Waals surface area (Å²) in [6.45, 7) is 1.32. The van der Waals surface area contributed by atoms with Crippen molar-refractivity contribution in [1.29, 1.82) is 0 Å². The van der Waals surface area contributed by atoms with Crippen LogP contribution in [0.25, 0.3) is 0 Å². The Labute approximate surface area is 159 Å². The van der Waals surface area contributed by atoms with Crippen LogP contribution in [0.3, 0.4) is 0 Å². The Morgan fingerprint density at radius 2 is 1.77 bits per heavy atom. The second-order valence-corrected chi connectivity index (χ2v) is 7.44. The van der Waals surface area contributed by atoms with E-state index in [0.29, 0.717) is 25.1 Å². The van der Waals surface area contributed by atoms with Crippen molar-refractivity contribution in [3.05, 3.63) is 71.3 Å². The summed E-state index contributed by atoms with van der Waals surface area (Å²) in [5, 5.41) is 2.95. The van der Waals surface area contributed by atoms with Crippen molar-refractivity contribution in [1.82, 2.24) is 10.2 Å². The molecule has 0 aliphatic carbocycles. The number of thioether (sulfide) groups is 1. The van der Waals surface area contributed by atoms with Crippen LogP contribution in [0.5, 0.6) is 0 Å². The number of carbonyl (C=O) groups is 2. The highest BCUT2D eigenvalue weighted by Crippen LogP contribution is 2.20. The van der Waals surface area contributed by atoms with Crippen molar-refractivity contribution < 1.29 is 9.59 Å². The third-order valence-corrected chi connectivity index (χ3v) is 5.34. The Bertz CT molecular complexity index is 764. The maximum atomic E-state index is 13.1. The largest absolute Gasteiger partial charge is 0.340 e. The Morgan fingerprint density at radius 1 is 1.08 bits per heavy atom. The van der Waals surface area contributed by atoms with Gasteiger partial charge in [-0.25, -0.2) is 0 Å². The maximum absolute atomic E-state index is 13.1. The highest BCUT2D eigenvalue weighted by atomic mass is 32.2. The lowest BCUT2D eigenvalue weighted by Gasteiger charge is -2.32. The molecule has 2 aromatic carbocycles. The summed E-state index contributed by atoms with van der Waals surface area (Å²) < 4.78 is 0. The lowest BCUT2D eigenvalue weighted by molar-refractivity contribution is -0.134. The minimum atomic E-state index is -0.486. The third-order valence-electron chi connectivity index (χ3n) is 4.69. The van der Waals surface area contributed by atoms with Gasteiger partial charge in [0.05, 0.1) is 0 Å². The Morgan fingerprint density at radius 3 is 2.50 bits per heavy atom. The fraction of sp³-hybridized carbons (Fsp3) is 0.333. The summed E-state index contributed by atoms with van der Waals surface area (Å²) in [6, 6.07) is 16.8. The number of hydrogen-bond acceptors (Lipinski definition) is 3. The molecule has 26 heavy (non-hydrogen) atoms. The standard InChI is InChI=1S/C21H24N2O2S/c1-26-14-12-19(22-20(24)17-8-3-2-4-9-17)21(25)23-13-11-16-7-5-6-10-18(16)15-23/h2-10,19H,11-15H2,1H3,(H,22,24). The summed E-state index contributed by atoms with van der Waals surface area (Å²) in [6.07, 6.45) is 3.51. The molecule has 1 atom stereocenters. The van der Waals surface area contributed by atoms with Gasteiger partial charge in [0.2, 0.25) is 5.91 Å². The molecule has 2 aromatic rings. The number of fused-ring (bicyclic) bond motifs is 1. The van der Waals surface area contributed by atoms with E-state index in [1.165, 1.54) is 11.1 Å². The molecule has 0 aromatic heterocycles. The Hall–Kier alpha value is -2.27. The van der Waals surface area contributed by atoms with Crippen LogP contribution in [0.4, 0.5) is 0 Å². The number of carbonyl (C=O) groups excluding carboxylic acids is 2. The average molecular weight is 369 g/mol. The van der Waals surface area contributed by atoms with E-state index in [0.717, 1.165) is 12.2 Å². The van der Waals surface area contributed by atoms with Crippen LogP contribution >= 0.6 is 11.8 Å². The first-order chi connectivity index (χ1) is 12.7. The molecule has 0 saturated heterocycles. The monoisotopic (exact) mass is 368 g/mol. The van der Waals surface area contributed by atoms with Crippen LogP contribution in [-0.4, -0.2) is 41.3 Å². The highest BCUT2D eigenvalue weighted by Gasteiger charge is 2.28. The van der Waals surface area contributed by atoms with Crippen LogP contribution in [-0.2, 0) is 17.8 Å². The molecule has 2 amide bonds. The van der Waals surface area contributed by atoms with Gasteiger partial charge in [0, 0.05) is 18.7 Å². The van der Waals surface area contributed by atoms with Gasteiger partial charge in [-0.3, -0.25) is 9.59 Å². The van der Waals surface area contributed by atoms with Gasteiger partial charge in [0.1, 0.15) is 6.04 Å². The lowest BCUT2D eigenvalue weighted by Crippen LogP contribution is -2.50. The first kappa shape index (κ1) is 18.5. The first-order valence-electron chi connectivity index (χ1n) is 8.89. The number of hydrogen-bond donors (Lipinski definition) is 1. The summed E-state index contributed by atoms with van der Waals surface area (Å²) in [4.78, 5) is 27.5. The van der Waals surface area contributed by atoms with E-state index in [9.17, 15) is 9.59 Å². The molecule has 0 radical (unpaired) electrons. The van der Waals surface area contributed by atoms with Crippen molar-refractivity contribution in [2.45, 2.75) is 25.4 Å². The molecule has 5 heteroatoms. The first-order valence-corrected chi connectivity index (χ1v) is 10.3. The van der Waals surface area contributed by atoms with Crippen molar-refractivity contribution >= 4 is 23.6 Å². The second-order valence-electron chi connectivity index (χ2n) is 6.45. The highest BCUT2D eigenvalue weighted by molar-refractivity contribution is 7.98. The molecule has 0 bridgehead atoms. The number of rotatable bonds is 6. The average Bonchev–Trinajstić information content (AvgIpc) is 2.70. The number of benzene rings is 2. The number of amides is 2. The number of nitrogens with one attached hydrogen (secondary N) is 1. The van der Waals surface area contributed by atoms with E-state index >= 15 is 0 Å². The fourth-order valence-electron chi connectivity index (χ4n) is 3.23. The van der Waals surface area contributed by atoms with Crippen LogP contribution in [0.15, 0.2) is 54.6 Å². The Kier molecular flexibility index (Phi) is 6.34. The van der Waals surface area contributed by atoms with Gasteiger partial charge in [0.15, 0.2) is 0 Å². The molecule has 1 N–H and O–H groups in total. The van der Waals surface area contributed by atoms with E-state index in [2.05, 4.69) is 17.4 Å². The predicted octanol–water partition coefficient (Wildman–Crippen LogP) is 3.12. The molecule has 0 fully saturated rings. The van der Waals surface area contributed by atoms with Crippen LogP contribution in [0, 0.1) is 0 Å². The van der Waals surface area contributed by atoms with E-state index in [1.54, 1.807) is 23.9 Å². The van der Waals surface area contributed by atoms with E-state index < -0.39 is 6.04 Å². The molecular weight excluding hydrogens is 344 g/mol. The van der Waals surface area contributed by atoms with Crippen molar-refractivity contribution in [2.75, 3.05) is 18.6 Å². The van der Waals surface area contributed by atoms with E-state index in [1.807, 2.05) is 41.5 Å². The molecule has 0 spiro atoms. The van der Waals surface area contributed by atoms with Crippen molar-refractivity contribution in [3.8, 4) is 0 Å². The van der Waals surface area contributed by atoms with Crippen LogP contribution < -0.4 is 5.32 Å². The number of nitrogens with zero attached hydrogens (tertiary/aromatic N) is 1. The lowest BCUT2D eigenvalue weighted by atomic mass is 9.99. The third kappa shape index (κ3) is 4.47. The predicted molar refractivity (Wildman–Crippen MR) is 106 cm³/mol. The molecule has 136 valence electrons. The summed E-state index contributed by atoms with van der Waals surface area (Å²) in [7, 11) is 0. The zero-order chi connectivity index (χ0) is 18.4. The van der Waals surface area contributed by atoms with Gasteiger partial charge in [-0.05, 0) is 48.1 Å². The topological polar surface area (TPSA) is 49.4 Å². The minimum absolute atomic E-state index is 0.0119. The molecule has 1 aliphatic rings. The fourth-order valence-corrected chi connectivity index (χ4v) is 3.70. The normalized spacial score (nSPS) is 14.4. The minimum Gasteiger partial charge on any atom is -0.340 e. The van der Waals surface area contributed by atoms with Crippen LogP contribution in [0.2, 0.25) is 0 Å². The zero-order valence-electron chi connectivity index (χ0n) is 15.0. The van der Waals surface area contributed by atoms with Gasteiger partial charge in [-0.1, -0.05) is 42.5 Å². The van der Waals surface area contributed by atoms with Crippen molar-refractivity contribution in [2.24, 2.45) is 0 Å². The van der Waals surface area contributed by atoms with Gasteiger partial charge < -0.3 is 10.2 Å². The summed E-state index contributed by atoms with van der Waals surface area (Å²) in [5.74, 6) is 0.649. The molecule has 0 saturated carbocycles. The van der Waals surface area contributed by atoms with E-state index in [-0.39, 0.29) is 11.8 Å². The van der Waals surface area contributed by atoms with E-state index in [4.69, 9.17) is 0 Å². The SMILES string of the molecule is CSCCC(NC(=O)c1ccccc1)C(=O)N1CCc2ccccc2C1. The quantitative estimate of drug-likeness (QED) is 0.852. The smallest absolute Gasteiger partial charge is 0.251 e. The molecule has 1 unspecified atom stereocenters. The maximum Gasteiger partial charge on any atom is 0.251 e. The van der Waals surface area contributed by atoms with Gasteiger partial charge in [-0.15, -0.1) is 0 Å². The molecule has 3 rings (SSSR count). The van der Waals surface area contributed by atoms with Gasteiger partial charge in [-0.2, -0.15) is 11.8 Å². The molecule has 1 aliphatic heterocycles. The Balaban J connectivity index is 1.71. The summed E-state index contributed by atoms with van der Waals surface area (Å²) in [5.41, 5.74) is 3.09. The second kappa shape index (κ2) is 8.90. The van der Waals surface area contributed by atoms with Crippen LogP contribution in [0.1, 0.15) is 27.9 Å². The zero-order valence-corrected chi connectivity index (χ0v) is 15.8.